The van der Waals surface area contributed by atoms with E-state index in [9.17, 15) is 0 Å². The van der Waals surface area contributed by atoms with Crippen LogP contribution in [0.1, 0.15) is 5.56 Å². The summed E-state index contributed by atoms with van der Waals surface area (Å²) in [5.41, 5.74) is 1.33. The largest absolute Gasteiger partial charge is 0.312 e. The standard InChI is InChI=1S/C13H17N.C3H9N/c1-3-10-14(11-4-2)12-13-8-6-5-7-9-13;1-4(2)3/h3-9H,1-2,10-12H2;1-3H3. The second-order valence-corrected chi connectivity index (χ2v) is 4.60. The Balaban J connectivity index is 0.000000631. The number of nitrogens with zero attached hydrogens (tertiary/aromatic N) is 2. The summed E-state index contributed by atoms with van der Waals surface area (Å²) in [7, 11) is 6.00. The van der Waals surface area contributed by atoms with Crippen molar-refractivity contribution < 1.29 is 0 Å². The molecular formula is C16H26N2. The van der Waals surface area contributed by atoms with Gasteiger partial charge in [-0.2, -0.15) is 0 Å². The maximum Gasteiger partial charge on any atom is 0.0240 e. The van der Waals surface area contributed by atoms with E-state index in [0.29, 0.717) is 0 Å². The predicted octanol–water partition coefficient (Wildman–Crippen LogP) is 3.04. The Bertz CT molecular complexity index is 304. The third kappa shape index (κ3) is 9.82. The van der Waals surface area contributed by atoms with Crippen LogP contribution in [0.5, 0.6) is 0 Å². The highest BCUT2D eigenvalue weighted by Crippen LogP contribution is 2.03. The Labute approximate surface area is 112 Å². The van der Waals surface area contributed by atoms with Crippen LogP contribution < -0.4 is 0 Å². The van der Waals surface area contributed by atoms with Crippen LogP contribution in [-0.2, 0) is 6.54 Å². The van der Waals surface area contributed by atoms with Crippen molar-refractivity contribution in [2.75, 3.05) is 34.2 Å². The minimum absolute atomic E-state index is 0.904. The zero-order chi connectivity index (χ0) is 13.8. The van der Waals surface area contributed by atoms with Crippen molar-refractivity contribution in [1.29, 1.82) is 0 Å². The quantitative estimate of drug-likeness (QED) is 0.712. The molecule has 0 fully saturated rings. The number of benzene rings is 1. The number of hydrogen-bond acceptors (Lipinski definition) is 2. The van der Waals surface area contributed by atoms with Gasteiger partial charge in [-0.15, -0.1) is 13.2 Å². The van der Waals surface area contributed by atoms with E-state index in [1.54, 1.807) is 0 Å². The van der Waals surface area contributed by atoms with E-state index in [1.807, 2.05) is 44.3 Å². The average Bonchev–Trinajstić information content (AvgIpc) is 2.30. The molecule has 0 unspecified atom stereocenters. The Hall–Kier alpha value is -1.38. The molecule has 1 aromatic carbocycles. The summed E-state index contributed by atoms with van der Waals surface area (Å²) in [5.74, 6) is 0. The monoisotopic (exact) mass is 246 g/mol. The fraction of sp³-hybridized carbons (Fsp3) is 0.375. The van der Waals surface area contributed by atoms with E-state index >= 15 is 0 Å². The molecule has 0 amide bonds. The van der Waals surface area contributed by atoms with Gasteiger partial charge in [0.2, 0.25) is 0 Å². The highest BCUT2D eigenvalue weighted by Gasteiger charge is 2.00. The molecule has 0 radical (unpaired) electrons. The predicted molar refractivity (Wildman–Crippen MR) is 81.7 cm³/mol. The molecule has 0 bridgehead atoms. The first kappa shape index (κ1) is 16.6. The molecule has 18 heavy (non-hydrogen) atoms. The van der Waals surface area contributed by atoms with Crippen LogP contribution >= 0.6 is 0 Å². The molecule has 0 aliphatic carbocycles. The average molecular weight is 246 g/mol. The van der Waals surface area contributed by atoms with Gasteiger partial charge in [0, 0.05) is 19.6 Å². The second-order valence-electron chi connectivity index (χ2n) is 4.60. The third-order valence-electron chi connectivity index (χ3n) is 2.02. The van der Waals surface area contributed by atoms with Gasteiger partial charge in [-0.05, 0) is 26.7 Å². The SMILES string of the molecule is C=CCN(CC=C)Cc1ccccc1.CN(C)C. The van der Waals surface area contributed by atoms with Gasteiger partial charge in [0.1, 0.15) is 0 Å². The van der Waals surface area contributed by atoms with Crippen LogP contribution in [-0.4, -0.2) is 44.0 Å². The lowest BCUT2D eigenvalue weighted by atomic mass is 10.2. The lowest BCUT2D eigenvalue weighted by Crippen LogP contribution is -2.23. The maximum atomic E-state index is 3.75. The molecular weight excluding hydrogens is 220 g/mol. The van der Waals surface area contributed by atoms with Crippen molar-refractivity contribution in [3.63, 3.8) is 0 Å². The van der Waals surface area contributed by atoms with Gasteiger partial charge >= 0.3 is 0 Å². The van der Waals surface area contributed by atoms with Gasteiger partial charge in [-0.3, -0.25) is 4.90 Å². The van der Waals surface area contributed by atoms with E-state index in [-0.39, 0.29) is 0 Å². The molecule has 0 N–H and O–H groups in total. The van der Waals surface area contributed by atoms with Crippen LogP contribution in [0.25, 0.3) is 0 Å². The van der Waals surface area contributed by atoms with Gasteiger partial charge < -0.3 is 4.90 Å². The highest BCUT2D eigenvalue weighted by atomic mass is 15.1. The molecule has 100 valence electrons. The fourth-order valence-corrected chi connectivity index (χ4v) is 1.41. The first-order chi connectivity index (χ1) is 8.60. The number of hydrogen-bond donors (Lipinski definition) is 0. The lowest BCUT2D eigenvalue weighted by Gasteiger charge is -2.18. The Morgan fingerprint density at radius 3 is 1.78 bits per heavy atom. The van der Waals surface area contributed by atoms with Crippen molar-refractivity contribution >= 4 is 0 Å². The van der Waals surface area contributed by atoms with Crippen molar-refractivity contribution in [2.24, 2.45) is 0 Å². The smallest absolute Gasteiger partial charge is 0.0240 e. The minimum Gasteiger partial charge on any atom is -0.312 e. The molecule has 1 rings (SSSR count). The summed E-state index contributed by atoms with van der Waals surface area (Å²) in [6.45, 7) is 10.3. The van der Waals surface area contributed by atoms with Crippen molar-refractivity contribution in [3.05, 3.63) is 61.2 Å². The first-order valence-electron chi connectivity index (χ1n) is 6.19. The molecule has 0 saturated carbocycles. The zero-order valence-corrected chi connectivity index (χ0v) is 12.0. The zero-order valence-electron chi connectivity index (χ0n) is 12.0. The summed E-state index contributed by atoms with van der Waals surface area (Å²) in [5, 5.41) is 0. The van der Waals surface area contributed by atoms with Crippen LogP contribution in [0, 0.1) is 0 Å². The van der Waals surface area contributed by atoms with Gasteiger partial charge in [0.25, 0.3) is 0 Å². The summed E-state index contributed by atoms with van der Waals surface area (Å²) in [6.07, 6.45) is 3.85. The van der Waals surface area contributed by atoms with Crippen LogP contribution in [0.3, 0.4) is 0 Å². The summed E-state index contributed by atoms with van der Waals surface area (Å²) in [4.78, 5) is 4.29. The van der Waals surface area contributed by atoms with E-state index < -0.39 is 0 Å². The lowest BCUT2D eigenvalue weighted by molar-refractivity contribution is 0.328. The molecule has 0 aliphatic rings. The summed E-state index contributed by atoms with van der Waals surface area (Å²) < 4.78 is 0. The van der Waals surface area contributed by atoms with E-state index in [4.69, 9.17) is 0 Å². The molecule has 0 aromatic heterocycles. The number of rotatable bonds is 6. The molecule has 2 heteroatoms. The van der Waals surface area contributed by atoms with E-state index in [2.05, 4.69) is 42.3 Å². The molecule has 0 aliphatic heterocycles. The van der Waals surface area contributed by atoms with Crippen molar-refractivity contribution in [3.8, 4) is 0 Å². The molecule has 1 aromatic rings. The molecule has 2 nitrogen and oxygen atoms in total. The van der Waals surface area contributed by atoms with Gasteiger partial charge in [-0.25, -0.2) is 0 Å². The highest BCUT2D eigenvalue weighted by molar-refractivity contribution is 5.14. The summed E-state index contributed by atoms with van der Waals surface area (Å²) >= 11 is 0. The third-order valence-corrected chi connectivity index (χ3v) is 2.02. The van der Waals surface area contributed by atoms with Gasteiger partial charge in [0.15, 0.2) is 0 Å². The van der Waals surface area contributed by atoms with Crippen molar-refractivity contribution in [1.82, 2.24) is 9.80 Å². The normalized spacial score (nSPS) is 9.83. The van der Waals surface area contributed by atoms with E-state index in [0.717, 1.165) is 19.6 Å². The minimum atomic E-state index is 0.904. The fourth-order valence-electron chi connectivity index (χ4n) is 1.41. The van der Waals surface area contributed by atoms with Crippen LogP contribution in [0.2, 0.25) is 0 Å². The second kappa shape index (κ2) is 10.8. The van der Waals surface area contributed by atoms with Gasteiger partial charge in [0.05, 0.1) is 0 Å². The Morgan fingerprint density at radius 2 is 1.39 bits per heavy atom. The van der Waals surface area contributed by atoms with Crippen LogP contribution in [0.4, 0.5) is 0 Å². The molecule has 0 saturated heterocycles. The van der Waals surface area contributed by atoms with E-state index in [1.165, 1.54) is 5.56 Å². The van der Waals surface area contributed by atoms with Crippen LogP contribution in [0.15, 0.2) is 55.6 Å². The molecule has 0 atom stereocenters. The maximum absolute atomic E-state index is 3.75. The molecule has 0 heterocycles. The Kier molecular flexibility index (Phi) is 9.93. The first-order valence-corrected chi connectivity index (χ1v) is 6.19. The van der Waals surface area contributed by atoms with Gasteiger partial charge in [-0.1, -0.05) is 42.5 Å². The summed E-state index contributed by atoms with van der Waals surface area (Å²) in [6, 6.07) is 10.4. The Morgan fingerprint density at radius 1 is 0.944 bits per heavy atom. The van der Waals surface area contributed by atoms with Crippen molar-refractivity contribution in [2.45, 2.75) is 6.54 Å². The topological polar surface area (TPSA) is 6.48 Å². The molecule has 0 spiro atoms.